The van der Waals surface area contributed by atoms with E-state index in [1.165, 1.54) is 0 Å². The van der Waals surface area contributed by atoms with Crippen LogP contribution in [-0.4, -0.2) is 24.8 Å². The van der Waals surface area contributed by atoms with Crippen molar-refractivity contribution in [1.29, 1.82) is 0 Å². The van der Waals surface area contributed by atoms with Gasteiger partial charge in [0.05, 0.1) is 0 Å². The fourth-order valence-corrected chi connectivity index (χ4v) is 2.52. The molecule has 0 unspecified atom stereocenters. The summed E-state index contributed by atoms with van der Waals surface area (Å²) < 4.78 is 21.2. The third-order valence-electron chi connectivity index (χ3n) is 3.18. The van der Waals surface area contributed by atoms with Crippen LogP contribution in [0.4, 0.5) is 0 Å². The van der Waals surface area contributed by atoms with Crippen molar-refractivity contribution in [3.8, 4) is 0 Å². The van der Waals surface area contributed by atoms with Gasteiger partial charge in [0, 0.05) is 12.8 Å². The van der Waals surface area contributed by atoms with Gasteiger partial charge in [-0.2, -0.15) is 0 Å². The third-order valence-corrected chi connectivity index (χ3v) is 3.94. The Morgan fingerprint density at radius 2 is 1.18 bits per heavy atom. The molecule has 0 aromatic carbocycles. The largest absolute Gasteiger partial charge is 0.319 e. The summed E-state index contributed by atoms with van der Waals surface area (Å²) in [4.78, 5) is 23.0. The first-order valence-corrected chi connectivity index (χ1v) is 9.36. The van der Waals surface area contributed by atoms with Crippen LogP contribution in [0.2, 0.25) is 0 Å². The fraction of sp³-hybridized carbons (Fsp3) is 0.875. The molecule has 0 aliphatic heterocycles. The van der Waals surface area contributed by atoms with Crippen LogP contribution < -0.4 is 0 Å². The summed E-state index contributed by atoms with van der Waals surface area (Å²) >= 11 is 0. The van der Waals surface area contributed by atoms with E-state index in [4.69, 9.17) is 9.05 Å². The van der Waals surface area contributed by atoms with Gasteiger partial charge in [-0.15, -0.1) is 0 Å². The Morgan fingerprint density at radius 3 is 1.50 bits per heavy atom. The zero-order valence-electron chi connectivity index (χ0n) is 14.4. The van der Waals surface area contributed by atoms with Crippen LogP contribution in [-0.2, 0) is 23.2 Å². The SMILES string of the molecule is CC(C)CCCC(=O)CO[PH](=O)OCC(=O)CCCC(C)C. The first kappa shape index (κ1) is 21.5. The molecule has 0 saturated heterocycles. The van der Waals surface area contributed by atoms with Crippen LogP contribution in [0.5, 0.6) is 0 Å². The Hall–Kier alpha value is -0.510. The van der Waals surface area contributed by atoms with E-state index < -0.39 is 8.25 Å². The van der Waals surface area contributed by atoms with Gasteiger partial charge >= 0.3 is 8.25 Å². The van der Waals surface area contributed by atoms with Crippen LogP contribution in [0, 0.1) is 11.8 Å². The number of Topliss-reactive ketones (excluding diaryl/α,β-unsaturated/α-hetero) is 2. The molecule has 0 aromatic heterocycles. The molecule has 22 heavy (non-hydrogen) atoms. The van der Waals surface area contributed by atoms with Crippen LogP contribution >= 0.6 is 8.25 Å². The fourth-order valence-electron chi connectivity index (χ4n) is 1.88. The molecule has 0 N–H and O–H groups in total. The number of rotatable bonds is 14. The Morgan fingerprint density at radius 1 is 0.818 bits per heavy atom. The molecule has 0 fully saturated rings. The third kappa shape index (κ3) is 14.4. The molecular formula is C16H31O5P. The molecule has 0 bridgehead atoms. The molecule has 0 aliphatic carbocycles. The lowest BCUT2D eigenvalue weighted by molar-refractivity contribution is -0.121. The van der Waals surface area contributed by atoms with E-state index in [1.54, 1.807) is 0 Å². The Bertz CT molecular complexity index is 320. The highest BCUT2D eigenvalue weighted by molar-refractivity contribution is 7.33. The van der Waals surface area contributed by atoms with Crippen molar-refractivity contribution in [2.24, 2.45) is 11.8 Å². The molecule has 0 spiro atoms. The summed E-state index contributed by atoms with van der Waals surface area (Å²) in [6, 6.07) is 0. The molecule has 0 saturated carbocycles. The molecule has 0 radical (unpaired) electrons. The minimum atomic E-state index is -2.75. The Kier molecular flexibility index (Phi) is 12.7. The molecule has 130 valence electrons. The van der Waals surface area contributed by atoms with Crippen LogP contribution in [0.3, 0.4) is 0 Å². The van der Waals surface area contributed by atoms with Gasteiger partial charge in [0.15, 0.2) is 11.6 Å². The number of hydrogen-bond acceptors (Lipinski definition) is 5. The maximum atomic E-state index is 11.5. The van der Waals surface area contributed by atoms with Crippen molar-refractivity contribution >= 4 is 19.8 Å². The summed E-state index contributed by atoms with van der Waals surface area (Å²) in [5.74, 6) is 0.979. The second-order valence-corrected chi connectivity index (χ2v) is 7.55. The highest BCUT2D eigenvalue weighted by Crippen LogP contribution is 2.24. The average molecular weight is 334 g/mol. The van der Waals surface area contributed by atoms with E-state index >= 15 is 0 Å². The van der Waals surface area contributed by atoms with E-state index in [2.05, 4.69) is 27.7 Å². The lowest BCUT2D eigenvalue weighted by Crippen LogP contribution is -2.08. The minimum absolute atomic E-state index is 0.0779. The summed E-state index contributed by atoms with van der Waals surface area (Å²) in [7, 11) is -2.75. The van der Waals surface area contributed by atoms with E-state index in [0.29, 0.717) is 24.7 Å². The Balaban J connectivity index is 3.64. The topological polar surface area (TPSA) is 69.7 Å². The predicted octanol–water partition coefficient (Wildman–Crippen LogP) is 4.20. The summed E-state index contributed by atoms with van der Waals surface area (Å²) in [6.45, 7) is 8.02. The van der Waals surface area contributed by atoms with Crippen LogP contribution in [0.1, 0.15) is 66.2 Å². The molecule has 0 aromatic rings. The summed E-state index contributed by atoms with van der Waals surface area (Å²) in [6.07, 6.45) is 4.47. The summed E-state index contributed by atoms with van der Waals surface area (Å²) in [5.41, 5.74) is 0. The van der Waals surface area contributed by atoms with Crippen molar-refractivity contribution in [3.05, 3.63) is 0 Å². The molecule has 0 atom stereocenters. The Labute approximate surface area is 135 Å². The minimum Gasteiger partial charge on any atom is -0.303 e. The van der Waals surface area contributed by atoms with Gasteiger partial charge in [0.2, 0.25) is 0 Å². The highest BCUT2D eigenvalue weighted by Gasteiger charge is 2.09. The standard InChI is InChI=1S/C16H31O5P/c1-13(2)7-5-9-15(17)11-20-22(19)21-12-16(18)10-6-8-14(3)4/h13-14,22H,5-12H2,1-4H3. The molecule has 0 aliphatic rings. The first-order valence-electron chi connectivity index (χ1n) is 8.14. The normalized spacial score (nSPS) is 11.6. The summed E-state index contributed by atoms with van der Waals surface area (Å²) in [5, 5.41) is 0. The zero-order chi connectivity index (χ0) is 17.0. The van der Waals surface area contributed by atoms with Crippen LogP contribution in [0.25, 0.3) is 0 Å². The van der Waals surface area contributed by atoms with E-state index in [9.17, 15) is 14.2 Å². The number of hydrogen-bond donors (Lipinski definition) is 0. The van der Waals surface area contributed by atoms with Crippen molar-refractivity contribution in [3.63, 3.8) is 0 Å². The highest BCUT2D eigenvalue weighted by atomic mass is 31.1. The van der Waals surface area contributed by atoms with Gasteiger partial charge in [0.25, 0.3) is 0 Å². The van der Waals surface area contributed by atoms with Gasteiger partial charge in [0.1, 0.15) is 13.2 Å². The van der Waals surface area contributed by atoms with Gasteiger partial charge in [-0.25, -0.2) is 0 Å². The number of carbonyl (C=O) groups is 2. The molecule has 0 amide bonds. The second kappa shape index (κ2) is 13.0. The van der Waals surface area contributed by atoms with Gasteiger partial charge in [-0.3, -0.25) is 14.2 Å². The molecule has 0 heterocycles. The quantitative estimate of drug-likeness (QED) is 0.445. The zero-order valence-corrected chi connectivity index (χ0v) is 15.4. The smallest absolute Gasteiger partial charge is 0.303 e. The van der Waals surface area contributed by atoms with Crippen molar-refractivity contribution in [2.45, 2.75) is 66.2 Å². The monoisotopic (exact) mass is 334 g/mol. The molecule has 0 rings (SSSR count). The molecule has 5 nitrogen and oxygen atoms in total. The van der Waals surface area contributed by atoms with E-state index in [-0.39, 0.29) is 24.8 Å². The van der Waals surface area contributed by atoms with Crippen LogP contribution in [0.15, 0.2) is 0 Å². The molecule has 6 heteroatoms. The van der Waals surface area contributed by atoms with E-state index in [1.807, 2.05) is 0 Å². The van der Waals surface area contributed by atoms with Crippen molar-refractivity contribution < 1.29 is 23.2 Å². The second-order valence-electron chi connectivity index (χ2n) is 6.48. The molecular weight excluding hydrogens is 303 g/mol. The van der Waals surface area contributed by atoms with Gasteiger partial charge < -0.3 is 9.05 Å². The predicted molar refractivity (Wildman–Crippen MR) is 88.3 cm³/mol. The maximum Gasteiger partial charge on any atom is 0.319 e. The van der Waals surface area contributed by atoms with Crippen molar-refractivity contribution in [1.82, 2.24) is 0 Å². The van der Waals surface area contributed by atoms with Gasteiger partial charge in [-0.05, 0) is 24.7 Å². The van der Waals surface area contributed by atoms with Crippen molar-refractivity contribution in [2.75, 3.05) is 13.2 Å². The van der Waals surface area contributed by atoms with E-state index in [0.717, 1.165) is 25.7 Å². The van der Waals surface area contributed by atoms with Gasteiger partial charge in [-0.1, -0.05) is 40.5 Å². The number of ketones is 2. The maximum absolute atomic E-state index is 11.5. The first-order chi connectivity index (χ1) is 10.3. The lowest BCUT2D eigenvalue weighted by atomic mass is 10.1. The average Bonchev–Trinajstić information content (AvgIpc) is 2.42. The lowest BCUT2D eigenvalue weighted by Gasteiger charge is -2.06. The number of carbonyl (C=O) groups excluding carboxylic acids is 2.